The van der Waals surface area contributed by atoms with E-state index >= 15 is 0 Å². The maximum Gasteiger partial charge on any atom is 0.245 e. The molecule has 0 radical (unpaired) electrons. The standard InChI is InChI=1S/C37H42O6/c1-10-13-30(40-8)36-24(11-2)34-22(18-28(36)38)14-15-26-27(19-23(39-7)20-32(26)41-9)35(34)25-16-17-31-33(21(25)4)29(12-3)42-37(5,6)43-31/h10,12-13,16-20,35,38H,1,11,14-15H2,2-9H3/b29-12+,30-13+. The Balaban J connectivity index is 1.92. The highest BCUT2D eigenvalue weighted by molar-refractivity contribution is 5.76. The first-order valence-electron chi connectivity index (χ1n) is 14.8. The van der Waals surface area contributed by atoms with Crippen LogP contribution in [0, 0.1) is 6.92 Å². The zero-order valence-electron chi connectivity index (χ0n) is 26.5. The molecule has 3 aromatic rings. The van der Waals surface area contributed by atoms with E-state index in [1.807, 2.05) is 39.0 Å². The summed E-state index contributed by atoms with van der Waals surface area (Å²) in [6, 6.07) is 10.2. The molecule has 0 bridgehead atoms. The smallest absolute Gasteiger partial charge is 0.245 e. The highest BCUT2D eigenvalue weighted by Crippen LogP contribution is 2.51. The summed E-state index contributed by atoms with van der Waals surface area (Å²) in [6.45, 7) is 14.0. The molecular weight excluding hydrogens is 540 g/mol. The molecule has 1 atom stereocenters. The minimum absolute atomic E-state index is 0.196. The van der Waals surface area contributed by atoms with E-state index in [2.05, 4.69) is 38.6 Å². The van der Waals surface area contributed by atoms with Gasteiger partial charge in [0.1, 0.15) is 34.5 Å². The number of phenols is 1. The van der Waals surface area contributed by atoms with E-state index in [4.69, 9.17) is 23.7 Å². The summed E-state index contributed by atoms with van der Waals surface area (Å²) in [4.78, 5) is 0. The minimum atomic E-state index is -0.777. The number of aryl methyl sites for hydroxylation is 1. The molecule has 1 heterocycles. The number of methoxy groups -OCH3 is 3. The van der Waals surface area contributed by atoms with Crippen LogP contribution in [0.25, 0.3) is 11.5 Å². The fourth-order valence-corrected chi connectivity index (χ4v) is 6.78. The molecule has 2 aliphatic rings. The van der Waals surface area contributed by atoms with E-state index in [-0.39, 0.29) is 11.7 Å². The van der Waals surface area contributed by atoms with Crippen LogP contribution in [0.1, 0.15) is 83.7 Å². The molecule has 226 valence electrons. The molecule has 0 saturated carbocycles. The Morgan fingerprint density at radius 1 is 1.07 bits per heavy atom. The van der Waals surface area contributed by atoms with Crippen molar-refractivity contribution in [1.29, 1.82) is 0 Å². The Kier molecular flexibility index (Phi) is 8.24. The van der Waals surface area contributed by atoms with Crippen molar-refractivity contribution in [3.05, 3.63) is 105 Å². The van der Waals surface area contributed by atoms with Gasteiger partial charge in [-0.1, -0.05) is 25.6 Å². The SMILES string of the molecule is C=C/C=C(/OC)c1c(O)cc2c(c1CC)C(c1ccc3c(c1C)/C(=C\C)OC(C)(C)O3)c1cc(OC)cc(OC)c1CC2. The first-order chi connectivity index (χ1) is 20.6. The fraction of sp³-hybridized carbons (Fsp3) is 0.351. The van der Waals surface area contributed by atoms with E-state index in [9.17, 15) is 5.11 Å². The molecule has 3 aromatic carbocycles. The number of fused-ring (bicyclic) bond motifs is 3. The van der Waals surface area contributed by atoms with Gasteiger partial charge in [0.15, 0.2) is 0 Å². The van der Waals surface area contributed by atoms with Crippen LogP contribution in [0.4, 0.5) is 0 Å². The number of benzene rings is 3. The van der Waals surface area contributed by atoms with E-state index in [1.54, 1.807) is 33.5 Å². The molecular formula is C37H42O6. The molecule has 6 heteroatoms. The summed E-state index contributed by atoms with van der Waals surface area (Å²) >= 11 is 0. The quantitative estimate of drug-likeness (QED) is 0.224. The van der Waals surface area contributed by atoms with Crippen LogP contribution in [0.15, 0.2) is 55.1 Å². The van der Waals surface area contributed by atoms with E-state index in [0.29, 0.717) is 17.7 Å². The Bertz CT molecular complexity index is 1640. The molecule has 6 nitrogen and oxygen atoms in total. The van der Waals surface area contributed by atoms with Crippen molar-refractivity contribution in [2.75, 3.05) is 21.3 Å². The van der Waals surface area contributed by atoms with Gasteiger partial charge >= 0.3 is 0 Å². The monoisotopic (exact) mass is 582 g/mol. The van der Waals surface area contributed by atoms with Crippen molar-refractivity contribution in [2.45, 2.75) is 65.6 Å². The molecule has 0 aromatic heterocycles. The summed E-state index contributed by atoms with van der Waals surface area (Å²) in [5.41, 5.74) is 9.31. The number of phenolic OH excluding ortho intramolecular Hbond substituents is 1. The molecule has 0 amide bonds. The zero-order valence-corrected chi connectivity index (χ0v) is 26.5. The fourth-order valence-electron chi connectivity index (χ4n) is 6.78. The van der Waals surface area contributed by atoms with Gasteiger partial charge in [0.25, 0.3) is 0 Å². The lowest BCUT2D eigenvalue weighted by molar-refractivity contribution is -0.112. The number of aromatic hydroxyl groups is 1. The van der Waals surface area contributed by atoms with Gasteiger partial charge in [-0.15, -0.1) is 0 Å². The van der Waals surface area contributed by atoms with E-state index < -0.39 is 5.79 Å². The van der Waals surface area contributed by atoms with Gasteiger partial charge in [0, 0.05) is 25.8 Å². The normalized spacial score (nSPS) is 17.9. The predicted octanol–water partition coefficient (Wildman–Crippen LogP) is 8.24. The Morgan fingerprint density at radius 3 is 2.47 bits per heavy atom. The number of rotatable bonds is 7. The van der Waals surface area contributed by atoms with Crippen molar-refractivity contribution >= 4 is 11.5 Å². The number of hydrogen-bond donors (Lipinski definition) is 1. The van der Waals surface area contributed by atoms with Gasteiger partial charge in [-0.2, -0.15) is 0 Å². The largest absolute Gasteiger partial charge is 0.507 e. The van der Waals surface area contributed by atoms with Crippen LogP contribution >= 0.6 is 0 Å². The molecule has 5 rings (SSSR count). The number of hydrogen-bond acceptors (Lipinski definition) is 6. The van der Waals surface area contributed by atoms with Crippen LogP contribution < -0.4 is 14.2 Å². The molecule has 1 N–H and O–H groups in total. The van der Waals surface area contributed by atoms with Crippen LogP contribution in [-0.4, -0.2) is 32.2 Å². The first-order valence-corrected chi connectivity index (χ1v) is 14.8. The Hall–Kier alpha value is -4.32. The van der Waals surface area contributed by atoms with Crippen LogP contribution in [0.3, 0.4) is 0 Å². The van der Waals surface area contributed by atoms with Crippen molar-refractivity contribution in [2.24, 2.45) is 0 Å². The third-order valence-corrected chi connectivity index (χ3v) is 8.55. The van der Waals surface area contributed by atoms with Gasteiger partial charge in [0.2, 0.25) is 5.79 Å². The second-order valence-corrected chi connectivity index (χ2v) is 11.4. The summed E-state index contributed by atoms with van der Waals surface area (Å²) in [5, 5.41) is 11.4. The van der Waals surface area contributed by atoms with E-state index in [1.165, 1.54) is 0 Å². The van der Waals surface area contributed by atoms with Gasteiger partial charge in [-0.3, -0.25) is 0 Å². The average Bonchev–Trinajstić information content (AvgIpc) is 3.14. The lowest BCUT2D eigenvalue weighted by atomic mass is 9.76. The summed E-state index contributed by atoms with van der Waals surface area (Å²) in [5.74, 6) is 2.89. The lowest BCUT2D eigenvalue weighted by Gasteiger charge is -2.37. The minimum Gasteiger partial charge on any atom is -0.507 e. The third-order valence-electron chi connectivity index (χ3n) is 8.55. The zero-order chi connectivity index (χ0) is 31.1. The molecule has 1 aliphatic carbocycles. The second kappa shape index (κ2) is 11.8. The molecule has 0 saturated heterocycles. The van der Waals surface area contributed by atoms with Crippen molar-refractivity contribution in [3.8, 4) is 23.0 Å². The molecule has 1 aliphatic heterocycles. The average molecular weight is 583 g/mol. The molecule has 0 fully saturated rings. The first kappa shape index (κ1) is 30.1. The van der Waals surface area contributed by atoms with Gasteiger partial charge in [-0.05, 0) is 102 Å². The van der Waals surface area contributed by atoms with Crippen molar-refractivity contribution in [3.63, 3.8) is 0 Å². The summed E-state index contributed by atoms with van der Waals surface area (Å²) in [7, 11) is 5.00. The Labute approximate surface area is 255 Å². The maximum absolute atomic E-state index is 11.4. The van der Waals surface area contributed by atoms with Gasteiger partial charge in [0.05, 0.1) is 32.5 Å². The molecule has 0 spiro atoms. The Morgan fingerprint density at radius 2 is 1.84 bits per heavy atom. The van der Waals surface area contributed by atoms with Gasteiger partial charge in [-0.25, -0.2) is 0 Å². The number of ether oxygens (including phenoxy) is 5. The van der Waals surface area contributed by atoms with Crippen LogP contribution in [0.2, 0.25) is 0 Å². The highest BCUT2D eigenvalue weighted by Gasteiger charge is 2.37. The lowest BCUT2D eigenvalue weighted by Crippen LogP contribution is -2.35. The number of allylic oxidation sites excluding steroid dienone is 3. The molecule has 1 unspecified atom stereocenters. The van der Waals surface area contributed by atoms with Crippen molar-refractivity contribution in [1.82, 2.24) is 0 Å². The third kappa shape index (κ3) is 5.13. The van der Waals surface area contributed by atoms with Crippen molar-refractivity contribution < 1.29 is 28.8 Å². The van der Waals surface area contributed by atoms with E-state index in [0.717, 1.165) is 80.4 Å². The summed E-state index contributed by atoms with van der Waals surface area (Å²) in [6.07, 6.45) is 7.64. The molecule has 43 heavy (non-hydrogen) atoms. The summed E-state index contributed by atoms with van der Waals surface area (Å²) < 4.78 is 30.1. The second-order valence-electron chi connectivity index (χ2n) is 11.4. The maximum atomic E-state index is 11.4. The topological polar surface area (TPSA) is 66.4 Å². The highest BCUT2D eigenvalue weighted by atomic mass is 16.7. The van der Waals surface area contributed by atoms with Crippen LogP contribution in [0.5, 0.6) is 23.0 Å². The van der Waals surface area contributed by atoms with Gasteiger partial charge < -0.3 is 28.8 Å². The predicted molar refractivity (Wildman–Crippen MR) is 171 cm³/mol. The van der Waals surface area contributed by atoms with Crippen LogP contribution in [-0.2, 0) is 28.7 Å².